The molecule has 18 heteroatoms. The molecule has 14 nitrogen and oxygen atoms in total. The van der Waals surface area contributed by atoms with Crippen molar-refractivity contribution in [2.45, 2.75) is 9.79 Å². The van der Waals surface area contributed by atoms with Gasteiger partial charge in [-0.2, -0.15) is 13.5 Å². The van der Waals surface area contributed by atoms with Gasteiger partial charge in [0, 0.05) is 23.4 Å². The van der Waals surface area contributed by atoms with E-state index in [0.29, 0.717) is 6.07 Å². The number of carbonyl (C=O) groups excluding carboxylic acids is 1. The number of rotatable bonds is 7. The maximum absolute atomic E-state index is 13.5. The molecule has 4 aromatic carbocycles. The second-order valence-corrected chi connectivity index (χ2v) is 10.6. The van der Waals surface area contributed by atoms with Crippen LogP contribution in [0.1, 0.15) is 10.4 Å². The van der Waals surface area contributed by atoms with E-state index in [9.17, 15) is 46.0 Å². The fourth-order valence-electron chi connectivity index (χ4n) is 3.51. The van der Waals surface area contributed by atoms with Crippen molar-refractivity contribution in [2.24, 2.45) is 10.2 Å². The van der Waals surface area contributed by atoms with Crippen LogP contribution in [0.2, 0.25) is 0 Å². The molecule has 0 saturated carbocycles. The molecule has 0 aliphatic carbocycles. The number of anilines is 1. The molecule has 0 radical (unpaired) electrons. The second-order valence-electron chi connectivity index (χ2n) is 7.84. The SMILES string of the molecule is O=C(Nc1cc(S(=O)(=O)O)cc2cc(S(=O)(=O)[O-])c(N=Nc3ccc([N+](=O)[O-])cc3)c([O-])c12)c1ccccc1.[Na+].[Na+]. The van der Waals surface area contributed by atoms with Crippen LogP contribution < -0.4 is 69.5 Å². The summed E-state index contributed by atoms with van der Waals surface area (Å²) in [6, 6.07) is 14.2. The zero-order valence-corrected chi connectivity index (χ0v) is 26.8. The number of nitro groups is 1. The number of hydrogen-bond acceptors (Lipinski definition) is 11. The first kappa shape index (κ1) is 34.4. The number of nitrogens with zero attached hydrogens (tertiary/aromatic N) is 3. The number of fused-ring (bicyclic) bond motifs is 1. The van der Waals surface area contributed by atoms with Gasteiger partial charge in [-0.1, -0.05) is 23.9 Å². The minimum atomic E-state index is -5.39. The van der Waals surface area contributed by atoms with Gasteiger partial charge in [-0.15, -0.1) is 5.11 Å². The van der Waals surface area contributed by atoms with Gasteiger partial charge >= 0.3 is 59.1 Å². The zero-order chi connectivity index (χ0) is 28.5. The van der Waals surface area contributed by atoms with Crippen molar-refractivity contribution in [3.63, 3.8) is 0 Å². The number of azo groups is 1. The van der Waals surface area contributed by atoms with Gasteiger partial charge in [0.25, 0.3) is 21.7 Å². The van der Waals surface area contributed by atoms with Crippen molar-refractivity contribution >= 4 is 59.7 Å². The summed E-state index contributed by atoms with van der Waals surface area (Å²) in [4.78, 5) is 21.0. The molecule has 0 spiro atoms. The van der Waals surface area contributed by atoms with E-state index in [2.05, 4.69) is 15.5 Å². The summed E-state index contributed by atoms with van der Waals surface area (Å²) >= 11 is 0. The quantitative estimate of drug-likeness (QED) is 0.0738. The van der Waals surface area contributed by atoms with E-state index in [1.165, 1.54) is 12.1 Å². The molecule has 0 unspecified atom stereocenters. The Hall–Kier alpha value is -2.77. The molecule has 0 aliphatic rings. The fraction of sp³-hybridized carbons (Fsp3) is 0. The average Bonchev–Trinajstić information content (AvgIpc) is 2.87. The maximum atomic E-state index is 13.5. The van der Waals surface area contributed by atoms with Crippen LogP contribution in [0.15, 0.2) is 92.8 Å². The van der Waals surface area contributed by atoms with E-state index in [0.717, 1.165) is 36.4 Å². The van der Waals surface area contributed by atoms with Crippen molar-refractivity contribution in [3.8, 4) is 5.75 Å². The number of benzene rings is 4. The van der Waals surface area contributed by atoms with Crippen LogP contribution in [0, 0.1) is 10.1 Å². The predicted molar refractivity (Wildman–Crippen MR) is 133 cm³/mol. The summed E-state index contributed by atoms with van der Waals surface area (Å²) in [6.07, 6.45) is 0. The van der Waals surface area contributed by atoms with E-state index < -0.39 is 68.8 Å². The molecule has 1 amide bonds. The number of nitrogens with one attached hydrogen (secondary N) is 1. The molecule has 0 bridgehead atoms. The molecule has 0 saturated heterocycles. The Morgan fingerprint density at radius 3 is 2.05 bits per heavy atom. The Labute approximate surface area is 276 Å². The van der Waals surface area contributed by atoms with E-state index in [1.807, 2.05) is 0 Å². The van der Waals surface area contributed by atoms with Crippen molar-refractivity contribution in [1.29, 1.82) is 0 Å². The minimum Gasteiger partial charge on any atom is -0.870 e. The molecule has 0 fully saturated rings. The van der Waals surface area contributed by atoms with Crippen molar-refractivity contribution in [1.82, 2.24) is 0 Å². The number of non-ortho nitro benzene ring substituents is 1. The van der Waals surface area contributed by atoms with E-state index >= 15 is 0 Å². The van der Waals surface area contributed by atoms with Gasteiger partial charge < -0.3 is 15.0 Å². The average molecular weight is 616 g/mol. The Balaban J connectivity index is 0.00000294. The molecular formula is C23H14N4Na2O10S2. The van der Waals surface area contributed by atoms with E-state index in [-0.39, 0.29) is 76.1 Å². The van der Waals surface area contributed by atoms with Gasteiger partial charge in [-0.25, -0.2) is 8.42 Å². The largest absolute Gasteiger partial charge is 1.00 e. The third kappa shape index (κ3) is 7.95. The van der Waals surface area contributed by atoms with Gasteiger partial charge in [0.2, 0.25) is 0 Å². The Morgan fingerprint density at radius 2 is 1.51 bits per heavy atom. The molecule has 0 atom stereocenters. The van der Waals surface area contributed by atoms with Crippen LogP contribution in [0.3, 0.4) is 0 Å². The standard InChI is InChI=1S/C23H16N4O10S2.2Na/c28-22-20-14(10-17(38(32,33)34)12-18(20)24-23(29)13-4-2-1-3-5-13)11-19(39(35,36)37)21(22)26-25-15-6-8-16(9-7-15)27(30)31;;/h1-12,28H,(H,24,29)(H,32,33,34)(H,35,36,37);;/q;2*+1/p-2. The van der Waals surface area contributed by atoms with Crippen LogP contribution in [0.25, 0.3) is 10.8 Å². The third-order valence-corrected chi connectivity index (χ3v) is 6.96. The predicted octanol–water partition coefficient (Wildman–Crippen LogP) is -2.35. The zero-order valence-electron chi connectivity index (χ0n) is 21.2. The minimum absolute atomic E-state index is 0. The topological polar surface area (TPSA) is 232 Å². The van der Waals surface area contributed by atoms with Crippen molar-refractivity contribution in [3.05, 3.63) is 88.5 Å². The van der Waals surface area contributed by atoms with Crippen LogP contribution in [-0.4, -0.2) is 36.8 Å². The number of carbonyl (C=O) groups is 1. The van der Waals surface area contributed by atoms with Gasteiger partial charge in [-0.05, 0) is 53.2 Å². The Morgan fingerprint density at radius 1 is 0.902 bits per heavy atom. The molecule has 41 heavy (non-hydrogen) atoms. The molecule has 4 aromatic rings. The molecule has 0 aromatic heterocycles. The van der Waals surface area contributed by atoms with Crippen molar-refractivity contribution < 1.29 is 99.9 Å². The molecule has 0 heterocycles. The first-order chi connectivity index (χ1) is 18.3. The summed E-state index contributed by atoms with van der Waals surface area (Å²) in [5.41, 5.74) is -1.58. The van der Waals surface area contributed by atoms with E-state index in [4.69, 9.17) is 0 Å². The van der Waals surface area contributed by atoms with Gasteiger partial charge in [-0.3, -0.25) is 19.5 Å². The maximum Gasteiger partial charge on any atom is 1.00 e. The number of hydrogen-bond donors (Lipinski definition) is 2. The summed E-state index contributed by atoms with van der Waals surface area (Å²) in [6.45, 7) is 0. The molecular weight excluding hydrogens is 602 g/mol. The van der Waals surface area contributed by atoms with Crippen LogP contribution >= 0.6 is 0 Å². The number of nitro benzene ring substituents is 1. The first-order valence-corrected chi connectivity index (χ1v) is 13.4. The van der Waals surface area contributed by atoms with E-state index in [1.54, 1.807) is 18.2 Å². The Bertz CT molecular complexity index is 1890. The fourth-order valence-corrected chi connectivity index (χ4v) is 4.69. The summed E-state index contributed by atoms with van der Waals surface area (Å²) in [5.74, 6) is -1.99. The monoisotopic (exact) mass is 616 g/mol. The van der Waals surface area contributed by atoms with Crippen LogP contribution in [0.4, 0.5) is 22.7 Å². The second kappa shape index (κ2) is 13.5. The third-order valence-electron chi connectivity index (χ3n) is 5.28. The summed E-state index contributed by atoms with van der Waals surface area (Å²) in [5, 5.41) is 33.1. The van der Waals surface area contributed by atoms with Crippen LogP contribution in [0.5, 0.6) is 5.75 Å². The smallest absolute Gasteiger partial charge is 0.870 e. The summed E-state index contributed by atoms with van der Waals surface area (Å²) in [7, 11) is -10.3. The van der Waals surface area contributed by atoms with Crippen molar-refractivity contribution in [2.75, 3.05) is 5.32 Å². The molecule has 0 aliphatic heterocycles. The van der Waals surface area contributed by atoms with Crippen LogP contribution in [-0.2, 0) is 20.2 Å². The number of amides is 1. The van der Waals surface area contributed by atoms with Gasteiger partial charge in [0.15, 0.2) is 0 Å². The Kier molecular flexibility index (Phi) is 11.3. The van der Waals surface area contributed by atoms with Gasteiger partial charge in [0.1, 0.15) is 10.1 Å². The normalized spacial score (nSPS) is 11.5. The van der Waals surface area contributed by atoms with Gasteiger partial charge in [0.05, 0.1) is 26.1 Å². The first-order valence-electron chi connectivity index (χ1n) is 10.5. The molecule has 4 rings (SSSR count). The molecule has 200 valence electrons. The molecule has 2 N–H and O–H groups in total. The summed E-state index contributed by atoms with van der Waals surface area (Å²) < 4.78 is 69.3.